The van der Waals surface area contributed by atoms with Crippen molar-refractivity contribution in [2.45, 2.75) is 19.3 Å². The fourth-order valence-corrected chi connectivity index (χ4v) is 3.82. The first-order chi connectivity index (χ1) is 16.2. The molecule has 3 aromatic carbocycles. The topological polar surface area (TPSA) is 70.7 Å². The van der Waals surface area contributed by atoms with Gasteiger partial charge in [0.05, 0.1) is 13.2 Å². The largest absolute Gasteiger partial charge is 0.493 e. The predicted molar refractivity (Wildman–Crippen MR) is 131 cm³/mol. The highest BCUT2D eigenvalue weighted by Gasteiger charge is 2.19. The van der Waals surface area contributed by atoms with Crippen molar-refractivity contribution in [2.75, 3.05) is 36.9 Å². The number of carbonyl (C=O) groups is 2. The molecule has 0 radical (unpaired) electrons. The number of hydrogen-bond donors (Lipinski definition) is 2. The van der Waals surface area contributed by atoms with Gasteiger partial charge in [0.1, 0.15) is 5.75 Å². The van der Waals surface area contributed by atoms with Crippen LogP contribution in [0.1, 0.15) is 28.8 Å². The summed E-state index contributed by atoms with van der Waals surface area (Å²) >= 11 is 0. The van der Waals surface area contributed by atoms with E-state index in [2.05, 4.69) is 22.8 Å². The molecule has 0 aromatic heterocycles. The Kier molecular flexibility index (Phi) is 7.59. The van der Waals surface area contributed by atoms with E-state index in [0.717, 1.165) is 43.8 Å². The van der Waals surface area contributed by atoms with E-state index in [1.165, 1.54) is 5.56 Å². The van der Waals surface area contributed by atoms with Crippen LogP contribution in [0.2, 0.25) is 0 Å². The second-order valence-corrected chi connectivity index (χ2v) is 8.09. The molecule has 33 heavy (non-hydrogen) atoms. The van der Waals surface area contributed by atoms with Gasteiger partial charge in [0, 0.05) is 36.4 Å². The number of nitrogens with one attached hydrogen (secondary N) is 2. The predicted octanol–water partition coefficient (Wildman–Crippen LogP) is 4.59. The smallest absolute Gasteiger partial charge is 0.253 e. The number of likely N-dealkylation sites (tertiary alicyclic amines) is 1. The van der Waals surface area contributed by atoms with Crippen molar-refractivity contribution >= 4 is 23.2 Å². The van der Waals surface area contributed by atoms with Crippen molar-refractivity contribution in [2.24, 2.45) is 0 Å². The molecule has 170 valence electrons. The summed E-state index contributed by atoms with van der Waals surface area (Å²) in [6.45, 7) is 2.34. The molecule has 0 saturated carbocycles. The average molecular weight is 444 g/mol. The molecule has 1 aliphatic heterocycles. The maximum absolute atomic E-state index is 12.6. The van der Waals surface area contributed by atoms with E-state index < -0.39 is 0 Å². The summed E-state index contributed by atoms with van der Waals surface area (Å²) in [7, 11) is 0. The first kappa shape index (κ1) is 22.4. The zero-order valence-corrected chi connectivity index (χ0v) is 18.6. The van der Waals surface area contributed by atoms with E-state index in [0.29, 0.717) is 17.9 Å². The third-order valence-corrected chi connectivity index (χ3v) is 5.60. The molecule has 6 heteroatoms. The number of nitrogens with zero attached hydrogens (tertiary/aromatic N) is 1. The Bertz CT molecular complexity index is 1060. The van der Waals surface area contributed by atoms with Crippen LogP contribution in [0.25, 0.3) is 0 Å². The van der Waals surface area contributed by atoms with Crippen molar-refractivity contribution in [1.82, 2.24) is 4.90 Å². The van der Waals surface area contributed by atoms with Gasteiger partial charge in [-0.15, -0.1) is 0 Å². The van der Waals surface area contributed by atoms with Gasteiger partial charge in [0.2, 0.25) is 5.91 Å². The third kappa shape index (κ3) is 6.59. The van der Waals surface area contributed by atoms with Crippen LogP contribution in [-0.4, -0.2) is 43.0 Å². The second kappa shape index (κ2) is 11.2. The number of rotatable bonds is 9. The standard InChI is InChI=1S/C27H29N3O3/c31-26(29-24-10-6-9-22(19-24)27(32)30-16-4-5-17-30)20-28-23-11-13-25(14-12-23)33-18-15-21-7-2-1-3-8-21/h1-3,6-14,19,28H,4-5,15-18,20H2,(H,29,31). The molecule has 0 atom stereocenters. The zero-order chi connectivity index (χ0) is 22.9. The summed E-state index contributed by atoms with van der Waals surface area (Å²) in [6, 6.07) is 24.9. The molecule has 1 fully saturated rings. The molecule has 0 spiro atoms. The van der Waals surface area contributed by atoms with Crippen molar-refractivity contribution in [3.8, 4) is 5.75 Å². The third-order valence-electron chi connectivity index (χ3n) is 5.60. The summed E-state index contributed by atoms with van der Waals surface area (Å²) in [4.78, 5) is 26.8. The Morgan fingerprint density at radius 1 is 0.848 bits per heavy atom. The van der Waals surface area contributed by atoms with E-state index in [9.17, 15) is 9.59 Å². The minimum Gasteiger partial charge on any atom is -0.493 e. The van der Waals surface area contributed by atoms with Gasteiger partial charge >= 0.3 is 0 Å². The number of ether oxygens (including phenoxy) is 1. The molecule has 3 aromatic rings. The number of hydrogen-bond acceptors (Lipinski definition) is 4. The summed E-state index contributed by atoms with van der Waals surface area (Å²) in [5.41, 5.74) is 3.30. The average Bonchev–Trinajstić information content (AvgIpc) is 3.39. The van der Waals surface area contributed by atoms with Gasteiger partial charge in [-0.1, -0.05) is 36.4 Å². The molecule has 1 saturated heterocycles. The molecule has 1 heterocycles. The molecule has 2 N–H and O–H groups in total. The Morgan fingerprint density at radius 3 is 2.36 bits per heavy atom. The van der Waals surface area contributed by atoms with Crippen LogP contribution < -0.4 is 15.4 Å². The quantitative estimate of drug-likeness (QED) is 0.507. The normalized spacial score (nSPS) is 12.9. The number of amides is 2. The summed E-state index contributed by atoms with van der Waals surface area (Å²) in [5, 5.41) is 5.97. The molecule has 4 rings (SSSR count). The highest BCUT2D eigenvalue weighted by atomic mass is 16.5. The van der Waals surface area contributed by atoms with Crippen molar-refractivity contribution in [1.29, 1.82) is 0 Å². The Balaban J connectivity index is 1.22. The van der Waals surface area contributed by atoms with Gasteiger partial charge in [-0.25, -0.2) is 0 Å². The lowest BCUT2D eigenvalue weighted by Gasteiger charge is -2.16. The van der Waals surface area contributed by atoms with E-state index in [4.69, 9.17) is 4.74 Å². The zero-order valence-electron chi connectivity index (χ0n) is 18.6. The minimum atomic E-state index is -0.177. The fraction of sp³-hybridized carbons (Fsp3) is 0.259. The Labute approximate surface area is 194 Å². The maximum atomic E-state index is 12.6. The van der Waals surface area contributed by atoms with Crippen LogP contribution in [0.5, 0.6) is 5.75 Å². The van der Waals surface area contributed by atoms with Crippen molar-refractivity contribution < 1.29 is 14.3 Å². The lowest BCUT2D eigenvalue weighted by Crippen LogP contribution is -2.27. The van der Waals surface area contributed by atoms with Crippen LogP contribution >= 0.6 is 0 Å². The van der Waals surface area contributed by atoms with Gasteiger partial charge in [-0.2, -0.15) is 0 Å². The van der Waals surface area contributed by atoms with E-state index in [1.54, 1.807) is 24.3 Å². The molecule has 6 nitrogen and oxygen atoms in total. The van der Waals surface area contributed by atoms with Crippen LogP contribution in [0.3, 0.4) is 0 Å². The van der Waals surface area contributed by atoms with Crippen LogP contribution in [-0.2, 0) is 11.2 Å². The van der Waals surface area contributed by atoms with Crippen LogP contribution in [0, 0.1) is 0 Å². The molecule has 1 aliphatic rings. The second-order valence-electron chi connectivity index (χ2n) is 8.09. The maximum Gasteiger partial charge on any atom is 0.253 e. The van der Waals surface area contributed by atoms with Gasteiger partial charge in [-0.05, 0) is 60.9 Å². The van der Waals surface area contributed by atoms with E-state index >= 15 is 0 Å². The molecule has 0 unspecified atom stereocenters. The lowest BCUT2D eigenvalue weighted by molar-refractivity contribution is -0.114. The van der Waals surface area contributed by atoms with Crippen LogP contribution in [0.15, 0.2) is 78.9 Å². The number of benzene rings is 3. The van der Waals surface area contributed by atoms with Gasteiger partial charge < -0.3 is 20.3 Å². The highest BCUT2D eigenvalue weighted by Crippen LogP contribution is 2.18. The van der Waals surface area contributed by atoms with Crippen LogP contribution in [0.4, 0.5) is 11.4 Å². The van der Waals surface area contributed by atoms with Gasteiger partial charge in [0.25, 0.3) is 5.91 Å². The molecule has 0 bridgehead atoms. The summed E-state index contributed by atoms with van der Waals surface area (Å²) in [5.74, 6) is 0.636. The first-order valence-electron chi connectivity index (χ1n) is 11.4. The molecular formula is C27H29N3O3. The van der Waals surface area contributed by atoms with Crippen molar-refractivity contribution in [3.63, 3.8) is 0 Å². The fourth-order valence-electron chi connectivity index (χ4n) is 3.82. The van der Waals surface area contributed by atoms with E-state index in [-0.39, 0.29) is 18.4 Å². The van der Waals surface area contributed by atoms with Gasteiger partial charge in [0.15, 0.2) is 0 Å². The molecular weight excluding hydrogens is 414 g/mol. The minimum absolute atomic E-state index is 0.0211. The van der Waals surface area contributed by atoms with E-state index in [1.807, 2.05) is 47.4 Å². The molecule has 0 aliphatic carbocycles. The SMILES string of the molecule is O=C(CNc1ccc(OCCc2ccccc2)cc1)Nc1cccc(C(=O)N2CCCC2)c1. The first-order valence-corrected chi connectivity index (χ1v) is 11.4. The number of anilines is 2. The van der Waals surface area contributed by atoms with Crippen molar-refractivity contribution in [3.05, 3.63) is 90.0 Å². The Morgan fingerprint density at radius 2 is 1.61 bits per heavy atom. The van der Waals surface area contributed by atoms with Gasteiger partial charge in [-0.3, -0.25) is 9.59 Å². The number of carbonyl (C=O) groups excluding carboxylic acids is 2. The summed E-state index contributed by atoms with van der Waals surface area (Å²) < 4.78 is 5.80. The molecule has 2 amide bonds. The lowest BCUT2D eigenvalue weighted by atomic mass is 10.1. The summed E-state index contributed by atoms with van der Waals surface area (Å²) in [6.07, 6.45) is 2.95. The Hall–Kier alpha value is -3.80. The monoisotopic (exact) mass is 443 g/mol. The highest BCUT2D eigenvalue weighted by molar-refractivity contribution is 5.98.